The normalized spacial score (nSPS) is 10.5. The number of fused-ring (bicyclic) bond motifs is 1. The van der Waals surface area contributed by atoms with Gasteiger partial charge in [0.2, 0.25) is 0 Å². The number of benzene rings is 1. The number of carbonyl (C=O) groups excluding carboxylic acids is 1. The van der Waals surface area contributed by atoms with Crippen molar-refractivity contribution in [3.8, 4) is 5.75 Å². The molecule has 0 bridgehead atoms. The number of esters is 1. The van der Waals surface area contributed by atoms with Crippen molar-refractivity contribution < 1.29 is 18.7 Å². The molecule has 0 aliphatic rings. The fraction of sp³-hybridized carbons (Fsp3) is 0.231. The molecule has 1 aromatic heterocycles. The van der Waals surface area contributed by atoms with E-state index in [1.54, 1.807) is 6.92 Å². The zero-order valence-corrected chi connectivity index (χ0v) is 10.6. The van der Waals surface area contributed by atoms with Crippen LogP contribution < -0.4 is 10.5 Å². The van der Waals surface area contributed by atoms with Crippen molar-refractivity contribution >= 4 is 22.6 Å². The summed E-state index contributed by atoms with van der Waals surface area (Å²) < 4.78 is 23.3. The zero-order chi connectivity index (χ0) is 14.0. The molecule has 1 aromatic carbocycles. The first-order valence-electron chi connectivity index (χ1n) is 5.67. The molecule has 0 radical (unpaired) electrons. The largest absolute Gasteiger partial charge is 0.494 e. The third-order valence-electron chi connectivity index (χ3n) is 2.68. The number of halogens is 1. The molecule has 1 heterocycles. The molecular formula is C13H13FN2O3. The van der Waals surface area contributed by atoms with Crippen molar-refractivity contribution in [1.29, 1.82) is 0 Å². The number of nitrogens with two attached hydrogens (primary N) is 1. The highest BCUT2D eigenvalue weighted by atomic mass is 19.1. The second-order valence-electron chi connectivity index (χ2n) is 3.81. The summed E-state index contributed by atoms with van der Waals surface area (Å²) in [6, 6.07) is 2.62. The van der Waals surface area contributed by atoms with E-state index in [0.717, 1.165) is 0 Å². The average Bonchev–Trinajstić information content (AvgIpc) is 2.38. The molecule has 0 atom stereocenters. The smallest absolute Gasteiger partial charge is 0.341 e. The third-order valence-corrected chi connectivity index (χ3v) is 2.68. The van der Waals surface area contributed by atoms with E-state index >= 15 is 0 Å². The number of carbonyl (C=O) groups is 1. The standard InChI is InChI=1S/C13H13FN2O3/c1-3-19-13(17)8-6-16-10-5-9(14)11(18-2)4-7(10)12(8)15/h4-6H,3H2,1-2H3,(H2,15,16). The second kappa shape index (κ2) is 5.09. The highest BCUT2D eigenvalue weighted by Gasteiger charge is 2.16. The number of hydrogen-bond acceptors (Lipinski definition) is 5. The highest BCUT2D eigenvalue weighted by Crippen LogP contribution is 2.29. The van der Waals surface area contributed by atoms with Gasteiger partial charge in [-0.2, -0.15) is 0 Å². The average molecular weight is 264 g/mol. The number of anilines is 1. The van der Waals surface area contributed by atoms with Crippen LogP contribution in [0.2, 0.25) is 0 Å². The molecule has 0 unspecified atom stereocenters. The Morgan fingerprint density at radius 2 is 2.21 bits per heavy atom. The van der Waals surface area contributed by atoms with Crippen molar-refractivity contribution in [1.82, 2.24) is 4.98 Å². The van der Waals surface area contributed by atoms with Crippen molar-refractivity contribution in [3.05, 3.63) is 29.7 Å². The van der Waals surface area contributed by atoms with Gasteiger partial charge in [-0.05, 0) is 13.0 Å². The summed E-state index contributed by atoms with van der Waals surface area (Å²) in [5, 5.41) is 0.448. The maximum Gasteiger partial charge on any atom is 0.341 e. The van der Waals surface area contributed by atoms with E-state index in [4.69, 9.17) is 15.2 Å². The minimum atomic E-state index is -0.558. The summed E-state index contributed by atoms with van der Waals surface area (Å²) in [4.78, 5) is 15.7. The molecule has 0 spiro atoms. The lowest BCUT2D eigenvalue weighted by atomic mass is 10.1. The van der Waals surface area contributed by atoms with Gasteiger partial charge in [0.05, 0.1) is 24.9 Å². The van der Waals surface area contributed by atoms with Gasteiger partial charge in [-0.15, -0.1) is 0 Å². The summed E-state index contributed by atoms with van der Waals surface area (Å²) >= 11 is 0. The first-order chi connectivity index (χ1) is 9.08. The monoisotopic (exact) mass is 264 g/mol. The summed E-state index contributed by atoms with van der Waals surface area (Å²) in [7, 11) is 1.35. The van der Waals surface area contributed by atoms with Gasteiger partial charge in [-0.1, -0.05) is 0 Å². The Morgan fingerprint density at radius 1 is 1.47 bits per heavy atom. The number of nitrogen functional groups attached to an aromatic ring is 1. The molecule has 5 nitrogen and oxygen atoms in total. The molecule has 0 saturated carbocycles. The Kier molecular flexibility index (Phi) is 3.50. The Morgan fingerprint density at radius 3 is 2.84 bits per heavy atom. The Balaban J connectivity index is 2.63. The van der Waals surface area contributed by atoms with Crippen molar-refractivity contribution in [2.24, 2.45) is 0 Å². The topological polar surface area (TPSA) is 74.4 Å². The lowest BCUT2D eigenvalue weighted by molar-refractivity contribution is 0.0527. The van der Waals surface area contributed by atoms with Gasteiger partial charge in [0.1, 0.15) is 5.56 Å². The highest BCUT2D eigenvalue weighted by molar-refractivity contribution is 6.04. The Labute approximate surface area is 109 Å². The number of aromatic nitrogens is 1. The number of nitrogens with zero attached hydrogens (tertiary/aromatic N) is 1. The van der Waals surface area contributed by atoms with Crippen molar-refractivity contribution in [2.75, 3.05) is 19.5 Å². The Bertz CT molecular complexity index is 643. The van der Waals surface area contributed by atoms with Crippen LogP contribution in [0.4, 0.5) is 10.1 Å². The quantitative estimate of drug-likeness (QED) is 0.860. The van der Waals surface area contributed by atoms with Crippen LogP contribution >= 0.6 is 0 Å². The van der Waals surface area contributed by atoms with E-state index in [1.165, 1.54) is 25.4 Å². The molecule has 0 fully saturated rings. The fourth-order valence-corrected chi connectivity index (χ4v) is 1.74. The fourth-order valence-electron chi connectivity index (χ4n) is 1.74. The van der Waals surface area contributed by atoms with Crippen molar-refractivity contribution in [3.63, 3.8) is 0 Å². The Hall–Kier alpha value is -2.37. The molecule has 0 amide bonds. The predicted octanol–water partition coefficient (Wildman–Crippen LogP) is 2.14. The molecule has 2 aromatic rings. The molecule has 100 valence electrons. The molecule has 0 aliphatic heterocycles. The number of methoxy groups -OCH3 is 1. The van der Waals surface area contributed by atoms with E-state index in [-0.39, 0.29) is 23.6 Å². The minimum Gasteiger partial charge on any atom is -0.494 e. The second-order valence-corrected chi connectivity index (χ2v) is 3.81. The number of hydrogen-bond donors (Lipinski definition) is 1. The molecule has 6 heteroatoms. The van der Waals surface area contributed by atoms with Gasteiger partial charge in [0.15, 0.2) is 11.6 Å². The van der Waals surface area contributed by atoms with Gasteiger partial charge in [0.25, 0.3) is 0 Å². The first-order valence-corrected chi connectivity index (χ1v) is 5.67. The number of rotatable bonds is 3. The van der Waals surface area contributed by atoms with E-state index in [0.29, 0.717) is 10.9 Å². The maximum atomic E-state index is 13.5. The van der Waals surface area contributed by atoms with E-state index in [9.17, 15) is 9.18 Å². The summed E-state index contributed by atoms with van der Waals surface area (Å²) in [5.74, 6) is -1.05. The van der Waals surface area contributed by atoms with Gasteiger partial charge < -0.3 is 15.2 Å². The number of ether oxygens (including phenoxy) is 2. The van der Waals surface area contributed by atoms with Crippen LogP contribution in [0.1, 0.15) is 17.3 Å². The maximum absolute atomic E-state index is 13.5. The van der Waals surface area contributed by atoms with Gasteiger partial charge in [0, 0.05) is 17.6 Å². The summed E-state index contributed by atoms with van der Waals surface area (Å²) in [5.41, 5.74) is 6.61. The predicted molar refractivity (Wildman–Crippen MR) is 68.6 cm³/mol. The molecular weight excluding hydrogens is 251 g/mol. The number of pyridine rings is 1. The third kappa shape index (κ3) is 2.29. The van der Waals surface area contributed by atoms with Crippen LogP contribution in [0.15, 0.2) is 18.3 Å². The van der Waals surface area contributed by atoms with Gasteiger partial charge in [-0.25, -0.2) is 9.18 Å². The molecule has 2 N–H and O–H groups in total. The van der Waals surface area contributed by atoms with Crippen LogP contribution in [0, 0.1) is 5.82 Å². The van der Waals surface area contributed by atoms with Crippen LogP contribution in [-0.2, 0) is 4.74 Å². The van der Waals surface area contributed by atoms with Gasteiger partial charge in [-0.3, -0.25) is 4.98 Å². The SMILES string of the molecule is CCOC(=O)c1cnc2cc(F)c(OC)cc2c1N. The van der Waals surface area contributed by atoms with Crippen LogP contribution in [0.5, 0.6) is 5.75 Å². The minimum absolute atomic E-state index is 0.0435. The van der Waals surface area contributed by atoms with E-state index < -0.39 is 11.8 Å². The van der Waals surface area contributed by atoms with E-state index in [2.05, 4.69) is 4.98 Å². The summed E-state index contributed by atoms with van der Waals surface area (Å²) in [6.45, 7) is 1.93. The molecule has 2 rings (SSSR count). The van der Waals surface area contributed by atoms with Crippen molar-refractivity contribution in [2.45, 2.75) is 6.92 Å². The molecule has 19 heavy (non-hydrogen) atoms. The molecule has 0 aliphatic carbocycles. The first kappa shape index (κ1) is 13.1. The lowest BCUT2D eigenvalue weighted by Crippen LogP contribution is -2.09. The van der Waals surface area contributed by atoms with Crippen LogP contribution in [0.25, 0.3) is 10.9 Å². The lowest BCUT2D eigenvalue weighted by Gasteiger charge is -2.09. The van der Waals surface area contributed by atoms with Crippen LogP contribution in [0.3, 0.4) is 0 Å². The summed E-state index contributed by atoms with van der Waals surface area (Å²) in [6.07, 6.45) is 1.28. The van der Waals surface area contributed by atoms with E-state index in [1.807, 2.05) is 0 Å². The molecule has 0 saturated heterocycles. The zero-order valence-electron chi connectivity index (χ0n) is 10.6. The van der Waals surface area contributed by atoms with Crippen LogP contribution in [-0.4, -0.2) is 24.7 Å². The van der Waals surface area contributed by atoms with Gasteiger partial charge >= 0.3 is 5.97 Å².